The molecule has 0 bridgehead atoms. The van der Waals surface area contributed by atoms with Gasteiger partial charge in [-0.05, 0) is 42.2 Å². The third-order valence-corrected chi connectivity index (χ3v) is 3.70. The van der Waals surface area contributed by atoms with Gasteiger partial charge in [-0.15, -0.1) is 0 Å². The number of hydrogen-bond donors (Lipinski definition) is 0. The number of carbonyl (C=O) groups excluding carboxylic acids is 1. The number of aryl methyl sites for hydroxylation is 1. The Balaban J connectivity index is 2.23. The standard InChI is InChI=1S/C19H22O4/c1-21-12-4-5-14-6-11-17(18(13-14)22-2)15-7-9-16(10-8-15)19(20)23-3/h6-11,13H,4-5,12H2,1-3H3. The van der Waals surface area contributed by atoms with Crippen molar-refractivity contribution in [1.29, 1.82) is 0 Å². The van der Waals surface area contributed by atoms with Gasteiger partial charge in [-0.3, -0.25) is 0 Å². The Hall–Kier alpha value is -2.33. The first-order valence-electron chi connectivity index (χ1n) is 7.54. The molecule has 0 radical (unpaired) electrons. The smallest absolute Gasteiger partial charge is 0.337 e. The quantitative estimate of drug-likeness (QED) is 0.577. The van der Waals surface area contributed by atoms with E-state index in [1.54, 1.807) is 26.4 Å². The first-order chi connectivity index (χ1) is 11.2. The second-order valence-electron chi connectivity index (χ2n) is 5.20. The third-order valence-electron chi connectivity index (χ3n) is 3.70. The molecule has 122 valence electrons. The highest BCUT2D eigenvalue weighted by Gasteiger charge is 2.09. The molecule has 0 aliphatic heterocycles. The van der Waals surface area contributed by atoms with Crippen LogP contribution in [0.5, 0.6) is 5.75 Å². The molecule has 2 rings (SSSR count). The molecule has 0 aliphatic carbocycles. The second kappa shape index (κ2) is 8.34. The fourth-order valence-electron chi connectivity index (χ4n) is 2.45. The van der Waals surface area contributed by atoms with E-state index in [4.69, 9.17) is 14.2 Å². The molecule has 2 aromatic rings. The van der Waals surface area contributed by atoms with E-state index in [9.17, 15) is 4.79 Å². The predicted octanol–water partition coefficient (Wildman–Crippen LogP) is 3.73. The number of ether oxygens (including phenoxy) is 3. The van der Waals surface area contributed by atoms with Crippen molar-refractivity contribution in [3.8, 4) is 16.9 Å². The van der Waals surface area contributed by atoms with Crippen LogP contribution in [0, 0.1) is 0 Å². The zero-order chi connectivity index (χ0) is 16.7. The van der Waals surface area contributed by atoms with Gasteiger partial charge in [-0.2, -0.15) is 0 Å². The van der Waals surface area contributed by atoms with Crippen molar-refractivity contribution in [3.63, 3.8) is 0 Å². The van der Waals surface area contributed by atoms with Crippen molar-refractivity contribution in [1.82, 2.24) is 0 Å². The van der Waals surface area contributed by atoms with E-state index >= 15 is 0 Å². The number of esters is 1. The molecule has 0 spiro atoms. The van der Waals surface area contributed by atoms with Crippen molar-refractivity contribution in [2.45, 2.75) is 12.8 Å². The van der Waals surface area contributed by atoms with Gasteiger partial charge < -0.3 is 14.2 Å². The number of carbonyl (C=O) groups is 1. The minimum Gasteiger partial charge on any atom is -0.496 e. The highest BCUT2D eigenvalue weighted by Crippen LogP contribution is 2.31. The average Bonchev–Trinajstić information content (AvgIpc) is 2.61. The van der Waals surface area contributed by atoms with Crippen molar-refractivity contribution in [2.24, 2.45) is 0 Å². The molecule has 0 aliphatic rings. The van der Waals surface area contributed by atoms with Gasteiger partial charge >= 0.3 is 5.97 Å². The summed E-state index contributed by atoms with van der Waals surface area (Å²) >= 11 is 0. The Morgan fingerprint density at radius 2 is 1.74 bits per heavy atom. The van der Waals surface area contributed by atoms with Crippen molar-refractivity contribution in [2.75, 3.05) is 27.9 Å². The first kappa shape index (κ1) is 17.0. The molecule has 4 heteroatoms. The van der Waals surface area contributed by atoms with Gasteiger partial charge in [0.1, 0.15) is 5.75 Å². The van der Waals surface area contributed by atoms with Crippen LogP contribution in [0.1, 0.15) is 22.3 Å². The summed E-state index contributed by atoms with van der Waals surface area (Å²) in [7, 11) is 4.75. The number of hydrogen-bond acceptors (Lipinski definition) is 4. The lowest BCUT2D eigenvalue weighted by Gasteiger charge is -2.11. The van der Waals surface area contributed by atoms with Gasteiger partial charge in [0.25, 0.3) is 0 Å². The summed E-state index contributed by atoms with van der Waals surface area (Å²) in [6.45, 7) is 0.749. The largest absolute Gasteiger partial charge is 0.496 e. The van der Waals surface area contributed by atoms with Gasteiger partial charge in [-0.25, -0.2) is 4.79 Å². The minimum atomic E-state index is -0.336. The maximum Gasteiger partial charge on any atom is 0.337 e. The van der Waals surface area contributed by atoms with E-state index in [0.29, 0.717) is 5.56 Å². The molecule has 23 heavy (non-hydrogen) atoms. The van der Waals surface area contributed by atoms with Crippen LogP contribution in [-0.4, -0.2) is 33.9 Å². The molecule has 4 nitrogen and oxygen atoms in total. The fourth-order valence-corrected chi connectivity index (χ4v) is 2.45. The Labute approximate surface area is 137 Å². The third kappa shape index (κ3) is 4.33. The van der Waals surface area contributed by atoms with E-state index in [2.05, 4.69) is 12.1 Å². The molecule has 0 fully saturated rings. The molecule has 0 saturated carbocycles. The van der Waals surface area contributed by atoms with E-state index < -0.39 is 0 Å². The zero-order valence-corrected chi connectivity index (χ0v) is 13.8. The fraction of sp³-hybridized carbons (Fsp3) is 0.316. The van der Waals surface area contributed by atoms with E-state index in [0.717, 1.165) is 36.3 Å². The van der Waals surface area contributed by atoms with Crippen LogP contribution in [0.3, 0.4) is 0 Å². The van der Waals surface area contributed by atoms with Gasteiger partial charge in [-0.1, -0.05) is 24.3 Å². The summed E-state index contributed by atoms with van der Waals surface area (Å²) in [6.07, 6.45) is 1.93. The summed E-state index contributed by atoms with van der Waals surface area (Å²) in [5.74, 6) is 0.489. The molecule has 0 saturated heterocycles. The Bertz CT molecular complexity index is 647. The molecular weight excluding hydrogens is 292 g/mol. The van der Waals surface area contributed by atoms with Gasteiger partial charge in [0.2, 0.25) is 0 Å². The summed E-state index contributed by atoms with van der Waals surface area (Å²) in [6, 6.07) is 13.5. The molecule has 0 heterocycles. The number of methoxy groups -OCH3 is 3. The number of rotatable bonds is 7. The Kier molecular flexibility index (Phi) is 6.18. The molecule has 0 atom stereocenters. The molecule has 0 unspecified atom stereocenters. The van der Waals surface area contributed by atoms with Crippen molar-refractivity contribution < 1.29 is 19.0 Å². The highest BCUT2D eigenvalue weighted by atomic mass is 16.5. The molecule has 2 aromatic carbocycles. The Morgan fingerprint density at radius 1 is 1.00 bits per heavy atom. The van der Waals surface area contributed by atoms with Crippen LogP contribution in [0.2, 0.25) is 0 Å². The molecule has 0 amide bonds. The molecule has 0 N–H and O–H groups in total. The zero-order valence-electron chi connectivity index (χ0n) is 13.8. The van der Waals surface area contributed by atoms with E-state index in [1.807, 2.05) is 18.2 Å². The summed E-state index contributed by atoms with van der Waals surface area (Å²) in [5, 5.41) is 0. The second-order valence-corrected chi connectivity index (χ2v) is 5.20. The number of benzene rings is 2. The first-order valence-corrected chi connectivity index (χ1v) is 7.54. The summed E-state index contributed by atoms with van der Waals surface area (Å²) in [5.41, 5.74) is 3.75. The monoisotopic (exact) mass is 314 g/mol. The van der Waals surface area contributed by atoms with E-state index in [1.165, 1.54) is 12.7 Å². The van der Waals surface area contributed by atoms with Gasteiger partial charge in [0.15, 0.2) is 0 Å². The minimum absolute atomic E-state index is 0.336. The van der Waals surface area contributed by atoms with Crippen LogP contribution < -0.4 is 4.74 Å². The summed E-state index contributed by atoms with van der Waals surface area (Å²) in [4.78, 5) is 11.5. The van der Waals surface area contributed by atoms with Crippen LogP contribution in [-0.2, 0) is 15.9 Å². The van der Waals surface area contributed by atoms with Crippen LogP contribution in [0.15, 0.2) is 42.5 Å². The molecular formula is C19H22O4. The average molecular weight is 314 g/mol. The SMILES string of the molecule is COCCCc1ccc(-c2ccc(C(=O)OC)cc2)c(OC)c1. The Morgan fingerprint density at radius 3 is 2.35 bits per heavy atom. The lowest BCUT2D eigenvalue weighted by atomic mass is 10.00. The van der Waals surface area contributed by atoms with Crippen LogP contribution >= 0.6 is 0 Å². The van der Waals surface area contributed by atoms with Crippen molar-refractivity contribution in [3.05, 3.63) is 53.6 Å². The van der Waals surface area contributed by atoms with Crippen LogP contribution in [0.4, 0.5) is 0 Å². The summed E-state index contributed by atoms with van der Waals surface area (Å²) < 4.78 is 15.3. The van der Waals surface area contributed by atoms with Gasteiger partial charge in [0, 0.05) is 19.3 Å². The maximum atomic E-state index is 11.5. The molecule has 0 aromatic heterocycles. The maximum absolute atomic E-state index is 11.5. The normalized spacial score (nSPS) is 10.4. The topological polar surface area (TPSA) is 44.8 Å². The van der Waals surface area contributed by atoms with Crippen LogP contribution in [0.25, 0.3) is 11.1 Å². The predicted molar refractivity (Wildman–Crippen MR) is 90.0 cm³/mol. The lowest BCUT2D eigenvalue weighted by Crippen LogP contribution is -2.00. The highest BCUT2D eigenvalue weighted by molar-refractivity contribution is 5.90. The van der Waals surface area contributed by atoms with Gasteiger partial charge in [0.05, 0.1) is 19.8 Å². The lowest BCUT2D eigenvalue weighted by molar-refractivity contribution is 0.0601. The van der Waals surface area contributed by atoms with Crippen molar-refractivity contribution >= 4 is 5.97 Å². The van der Waals surface area contributed by atoms with E-state index in [-0.39, 0.29) is 5.97 Å².